The minimum Gasteiger partial charge on any atom is -0.386 e. The van der Waals surface area contributed by atoms with Crippen molar-refractivity contribution < 1.29 is 14.3 Å². The molecule has 0 unspecified atom stereocenters. The molecule has 4 aromatic rings. The number of benzene rings is 1. The van der Waals surface area contributed by atoms with E-state index in [-0.39, 0.29) is 23.8 Å². The first-order valence-corrected chi connectivity index (χ1v) is 13.6. The van der Waals surface area contributed by atoms with Gasteiger partial charge in [-0.15, -0.1) is 0 Å². The molecule has 4 heterocycles. The topological polar surface area (TPSA) is 103 Å². The van der Waals surface area contributed by atoms with Crippen molar-refractivity contribution in [2.75, 3.05) is 24.5 Å². The third-order valence-corrected chi connectivity index (χ3v) is 7.81. The highest BCUT2D eigenvalue weighted by atomic mass is 19.1. The number of anilines is 1. The predicted octanol–water partition coefficient (Wildman–Crippen LogP) is 4.24. The first-order chi connectivity index (χ1) is 19.1. The van der Waals surface area contributed by atoms with Gasteiger partial charge in [-0.05, 0) is 75.1 Å². The van der Waals surface area contributed by atoms with Crippen LogP contribution in [0, 0.1) is 12.7 Å². The van der Waals surface area contributed by atoms with E-state index < -0.39 is 5.60 Å². The van der Waals surface area contributed by atoms with Crippen molar-refractivity contribution in [3.05, 3.63) is 82.9 Å². The number of pyridine rings is 3. The number of hydrogen-bond acceptors (Lipinski definition) is 7. The van der Waals surface area contributed by atoms with Crippen molar-refractivity contribution in [2.45, 2.75) is 51.3 Å². The van der Waals surface area contributed by atoms with E-state index in [4.69, 9.17) is 9.97 Å². The predicted molar refractivity (Wildman–Crippen MR) is 153 cm³/mol. The van der Waals surface area contributed by atoms with Crippen LogP contribution >= 0.6 is 0 Å². The lowest BCUT2D eigenvalue weighted by Gasteiger charge is -2.35. The van der Waals surface area contributed by atoms with Crippen LogP contribution in [0.25, 0.3) is 22.3 Å². The maximum atomic E-state index is 14.7. The number of nitrogens with one attached hydrogen (secondary N) is 2. The molecule has 3 N–H and O–H groups in total. The SMILES string of the molecule is Cc1ccc(C(=O)NCc2cc3nc(-c4cc(F)cc(N5CCNC6(CC6)C5)n4)ccc3cn2)cc1C(C)(C)O. The molecule has 1 saturated carbocycles. The van der Waals surface area contributed by atoms with E-state index in [2.05, 4.69) is 20.5 Å². The molecular formula is C31H33FN6O2. The monoisotopic (exact) mass is 540 g/mol. The molecule has 6 rings (SSSR count). The standard InChI is InChI=1S/C31H33FN6O2/c1-19-4-5-20(12-24(19)30(2,3)40)29(39)34-17-23-15-26-21(16-33-23)6-7-25(36-26)27-13-22(32)14-28(37-27)38-11-10-35-31(18-38)8-9-31/h4-7,12-16,35,40H,8-11,17-18H2,1-3H3,(H,34,39). The number of aromatic nitrogens is 3. The number of hydrogen-bond donors (Lipinski definition) is 3. The minimum atomic E-state index is -1.05. The molecule has 8 nitrogen and oxygen atoms in total. The zero-order valence-corrected chi connectivity index (χ0v) is 23.0. The molecule has 1 spiro atoms. The van der Waals surface area contributed by atoms with Crippen molar-refractivity contribution >= 4 is 22.6 Å². The zero-order chi connectivity index (χ0) is 28.1. The van der Waals surface area contributed by atoms with E-state index in [0.717, 1.165) is 43.4 Å². The van der Waals surface area contributed by atoms with Gasteiger partial charge in [-0.25, -0.2) is 14.4 Å². The number of aryl methyl sites for hydroxylation is 1. The molecule has 9 heteroatoms. The number of carbonyl (C=O) groups excluding carboxylic acids is 1. The van der Waals surface area contributed by atoms with Gasteiger partial charge in [0.05, 0.1) is 34.7 Å². The summed E-state index contributed by atoms with van der Waals surface area (Å²) >= 11 is 0. The van der Waals surface area contributed by atoms with E-state index in [1.807, 2.05) is 31.2 Å². The molecule has 1 aliphatic heterocycles. The molecule has 0 radical (unpaired) electrons. The fourth-order valence-corrected chi connectivity index (χ4v) is 5.41. The number of halogens is 1. The van der Waals surface area contributed by atoms with Crippen LogP contribution in [0.3, 0.4) is 0 Å². The van der Waals surface area contributed by atoms with Gasteiger partial charge in [0.2, 0.25) is 0 Å². The van der Waals surface area contributed by atoms with Gasteiger partial charge in [-0.3, -0.25) is 9.78 Å². The highest BCUT2D eigenvalue weighted by Gasteiger charge is 2.45. The number of amides is 1. The molecule has 0 bridgehead atoms. The number of piperazine rings is 1. The Morgan fingerprint density at radius 2 is 1.95 bits per heavy atom. The fraction of sp³-hybridized carbons (Fsp3) is 0.355. The van der Waals surface area contributed by atoms with Gasteiger partial charge in [0.25, 0.3) is 5.91 Å². The molecule has 40 heavy (non-hydrogen) atoms. The molecule has 0 atom stereocenters. The summed E-state index contributed by atoms with van der Waals surface area (Å²) in [4.78, 5) is 29.0. The molecular weight excluding hydrogens is 507 g/mol. The summed E-state index contributed by atoms with van der Waals surface area (Å²) in [5, 5.41) is 17.7. The second kappa shape index (κ2) is 9.91. The van der Waals surface area contributed by atoms with Gasteiger partial charge in [-0.1, -0.05) is 6.07 Å². The number of rotatable bonds is 6. The third kappa shape index (κ3) is 5.39. The van der Waals surface area contributed by atoms with Gasteiger partial charge in [0.15, 0.2) is 0 Å². The maximum absolute atomic E-state index is 14.7. The van der Waals surface area contributed by atoms with Crippen LogP contribution in [0.15, 0.2) is 54.7 Å². The fourth-order valence-electron chi connectivity index (χ4n) is 5.41. The average molecular weight is 541 g/mol. The lowest BCUT2D eigenvalue weighted by atomic mass is 9.92. The highest BCUT2D eigenvalue weighted by molar-refractivity contribution is 5.94. The quantitative estimate of drug-likeness (QED) is 0.336. The average Bonchev–Trinajstić information content (AvgIpc) is 3.68. The Labute approximate surface area is 232 Å². The minimum absolute atomic E-state index is 0.156. The van der Waals surface area contributed by atoms with Crippen molar-refractivity contribution in [3.8, 4) is 11.4 Å². The Balaban J connectivity index is 1.21. The molecule has 2 aliphatic rings. The van der Waals surface area contributed by atoms with E-state index >= 15 is 0 Å². The van der Waals surface area contributed by atoms with Crippen LogP contribution in [-0.2, 0) is 12.1 Å². The summed E-state index contributed by atoms with van der Waals surface area (Å²) < 4.78 is 14.7. The van der Waals surface area contributed by atoms with Crippen LogP contribution in [0.5, 0.6) is 0 Å². The number of aliphatic hydroxyl groups is 1. The lowest BCUT2D eigenvalue weighted by molar-refractivity contribution is 0.0777. The molecule has 1 aromatic carbocycles. The van der Waals surface area contributed by atoms with Crippen LogP contribution < -0.4 is 15.5 Å². The third-order valence-electron chi connectivity index (χ3n) is 7.81. The Morgan fingerprint density at radius 3 is 2.73 bits per heavy atom. The van der Waals surface area contributed by atoms with E-state index in [0.29, 0.717) is 39.5 Å². The van der Waals surface area contributed by atoms with Gasteiger partial charge in [0, 0.05) is 54.5 Å². The van der Waals surface area contributed by atoms with Gasteiger partial charge < -0.3 is 20.6 Å². The Bertz CT molecular complexity index is 1610. The Hall–Kier alpha value is -3.95. The second-order valence-electron chi connectivity index (χ2n) is 11.5. The number of carbonyl (C=O) groups is 1. The van der Waals surface area contributed by atoms with E-state index in [9.17, 15) is 14.3 Å². The summed E-state index contributed by atoms with van der Waals surface area (Å²) in [6, 6.07) is 13.8. The largest absolute Gasteiger partial charge is 0.386 e. The van der Waals surface area contributed by atoms with Gasteiger partial charge >= 0.3 is 0 Å². The first-order valence-electron chi connectivity index (χ1n) is 13.6. The molecule has 1 amide bonds. The van der Waals surface area contributed by atoms with Gasteiger partial charge in [0.1, 0.15) is 11.6 Å². The zero-order valence-electron chi connectivity index (χ0n) is 23.0. The molecule has 206 valence electrons. The molecule has 1 saturated heterocycles. The van der Waals surface area contributed by atoms with Crippen LogP contribution in [0.1, 0.15) is 53.9 Å². The summed E-state index contributed by atoms with van der Waals surface area (Å²) in [6.45, 7) is 7.99. The van der Waals surface area contributed by atoms with Crippen molar-refractivity contribution in [1.82, 2.24) is 25.6 Å². The van der Waals surface area contributed by atoms with Gasteiger partial charge in [-0.2, -0.15) is 0 Å². The summed E-state index contributed by atoms with van der Waals surface area (Å²) in [5.74, 6) is 0.0328. The maximum Gasteiger partial charge on any atom is 0.251 e. The van der Waals surface area contributed by atoms with Crippen LogP contribution in [0.2, 0.25) is 0 Å². The molecule has 3 aromatic heterocycles. The first kappa shape index (κ1) is 26.3. The number of fused-ring (bicyclic) bond motifs is 1. The Kier molecular flexibility index (Phi) is 6.51. The summed E-state index contributed by atoms with van der Waals surface area (Å²) in [5.41, 5.74) is 3.58. The van der Waals surface area contributed by atoms with Crippen molar-refractivity contribution in [1.29, 1.82) is 0 Å². The lowest BCUT2D eigenvalue weighted by Crippen LogP contribution is -2.52. The summed E-state index contributed by atoms with van der Waals surface area (Å²) in [6.07, 6.45) is 4.00. The number of nitrogens with zero attached hydrogens (tertiary/aromatic N) is 4. The van der Waals surface area contributed by atoms with E-state index in [1.165, 1.54) is 12.1 Å². The van der Waals surface area contributed by atoms with E-state index in [1.54, 1.807) is 32.2 Å². The smallest absolute Gasteiger partial charge is 0.251 e. The van der Waals surface area contributed by atoms with Crippen LogP contribution in [0.4, 0.5) is 10.2 Å². The second-order valence-corrected chi connectivity index (χ2v) is 11.5. The van der Waals surface area contributed by atoms with Crippen molar-refractivity contribution in [2.24, 2.45) is 0 Å². The normalized spacial score (nSPS) is 16.4. The Morgan fingerprint density at radius 1 is 1.12 bits per heavy atom. The highest BCUT2D eigenvalue weighted by Crippen LogP contribution is 2.38. The molecule has 2 fully saturated rings. The molecule has 1 aliphatic carbocycles. The summed E-state index contributed by atoms with van der Waals surface area (Å²) in [7, 11) is 0. The van der Waals surface area contributed by atoms with Crippen LogP contribution in [-0.4, -0.2) is 51.1 Å². The van der Waals surface area contributed by atoms with Crippen molar-refractivity contribution in [3.63, 3.8) is 0 Å².